The van der Waals surface area contributed by atoms with Gasteiger partial charge in [-0.3, -0.25) is 4.79 Å². The number of ketones is 1. The van der Waals surface area contributed by atoms with E-state index in [1.807, 2.05) is 44.2 Å². The second kappa shape index (κ2) is 8.28. The van der Waals surface area contributed by atoms with Crippen molar-refractivity contribution in [2.45, 2.75) is 33.2 Å². The van der Waals surface area contributed by atoms with Crippen LogP contribution >= 0.6 is 0 Å². The smallest absolute Gasteiger partial charge is 0.146 e. The molecule has 2 rings (SSSR count). The van der Waals surface area contributed by atoms with Crippen LogP contribution in [0.3, 0.4) is 0 Å². The maximum atomic E-state index is 11.1. The monoisotopic (exact) mass is 269 g/mol. The predicted octanol–water partition coefficient (Wildman–Crippen LogP) is 3.84. The minimum atomic E-state index is -0.396. The summed E-state index contributed by atoms with van der Waals surface area (Å²) in [6.45, 7) is 5.53. The van der Waals surface area contributed by atoms with Crippen LogP contribution in [0.4, 0.5) is 0 Å². The fraction of sp³-hybridized carbons (Fsp3) is 0.278. The molecule has 0 saturated heterocycles. The molecule has 2 aromatic carbocycles. The highest BCUT2D eigenvalue weighted by atomic mass is 16.1. The molecule has 0 amide bonds. The van der Waals surface area contributed by atoms with Crippen LogP contribution in [0.2, 0.25) is 0 Å². The molecule has 0 aliphatic rings. The molecule has 20 heavy (non-hydrogen) atoms. The van der Waals surface area contributed by atoms with E-state index in [9.17, 15) is 4.79 Å². The molecule has 2 heteroatoms. The van der Waals surface area contributed by atoms with Crippen LogP contribution in [0.15, 0.2) is 54.6 Å². The molecule has 0 fully saturated rings. The van der Waals surface area contributed by atoms with Crippen LogP contribution in [0.5, 0.6) is 0 Å². The van der Waals surface area contributed by atoms with E-state index in [4.69, 9.17) is 5.73 Å². The fourth-order valence-electron chi connectivity index (χ4n) is 1.86. The van der Waals surface area contributed by atoms with E-state index in [2.05, 4.69) is 24.3 Å². The maximum Gasteiger partial charge on any atom is 0.146 e. The first kappa shape index (κ1) is 16.1. The number of nitrogens with two attached hydrogens (primary N) is 1. The molecular weight excluding hydrogens is 246 g/mol. The summed E-state index contributed by atoms with van der Waals surface area (Å²) in [5.41, 5.74) is 9.21. The number of benzene rings is 2. The Labute approximate surface area is 121 Å². The number of carbonyl (C=O) groups excluding carboxylic acids is 1. The molecule has 1 unspecified atom stereocenters. The average Bonchev–Trinajstić information content (AvgIpc) is 2.51. The summed E-state index contributed by atoms with van der Waals surface area (Å²) in [7, 11) is 0. The first-order valence-electron chi connectivity index (χ1n) is 7.07. The summed E-state index contributed by atoms with van der Waals surface area (Å²) in [4.78, 5) is 11.1. The van der Waals surface area contributed by atoms with Gasteiger partial charge in [-0.05, 0) is 30.0 Å². The van der Waals surface area contributed by atoms with Gasteiger partial charge in [-0.25, -0.2) is 0 Å². The van der Waals surface area contributed by atoms with Gasteiger partial charge in [0.1, 0.15) is 5.78 Å². The highest BCUT2D eigenvalue weighted by Gasteiger charge is 2.08. The Hall–Kier alpha value is -1.93. The minimum absolute atomic E-state index is 0.0298. The van der Waals surface area contributed by atoms with Crippen molar-refractivity contribution in [3.05, 3.63) is 60.2 Å². The Morgan fingerprint density at radius 1 is 0.950 bits per heavy atom. The van der Waals surface area contributed by atoms with Crippen molar-refractivity contribution in [2.24, 2.45) is 5.73 Å². The normalized spacial score (nSPS) is 11.2. The van der Waals surface area contributed by atoms with Crippen LogP contribution in [0.1, 0.15) is 26.3 Å². The third-order valence-electron chi connectivity index (χ3n) is 3.04. The summed E-state index contributed by atoms with van der Waals surface area (Å²) in [6.07, 6.45) is 0.602. The number of hydrogen-bond acceptors (Lipinski definition) is 2. The maximum absolute atomic E-state index is 11.1. The Balaban J connectivity index is 0.000000956. The second-order valence-electron chi connectivity index (χ2n) is 4.48. The van der Waals surface area contributed by atoms with Crippen molar-refractivity contribution in [3.8, 4) is 11.1 Å². The van der Waals surface area contributed by atoms with E-state index in [1.165, 1.54) is 18.1 Å². The van der Waals surface area contributed by atoms with Crippen molar-refractivity contribution in [1.29, 1.82) is 0 Å². The standard InChI is InChI=1S/C16H17NO.C2H6/c1-12(18)16(17)11-13-7-9-15(10-8-13)14-5-3-2-4-6-14;1-2/h2-10,16H,11,17H2,1H3;1-2H3. The molecule has 0 aliphatic heterocycles. The van der Waals surface area contributed by atoms with Gasteiger partial charge < -0.3 is 5.73 Å². The van der Waals surface area contributed by atoms with E-state index in [0.717, 1.165) is 5.56 Å². The van der Waals surface area contributed by atoms with E-state index in [-0.39, 0.29) is 5.78 Å². The summed E-state index contributed by atoms with van der Waals surface area (Å²) in [6, 6.07) is 18.0. The van der Waals surface area contributed by atoms with Gasteiger partial charge in [0.2, 0.25) is 0 Å². The van der Waals surface area contributed by atoms with Crippen molar-refractivity contribution < 1.29 is 4.79 Å². The minimum Gasteiger partial charge on any atom is -0.321 e. The molecule has 0 spiro atoms. The van der Waals surface area contributed by atoms with Gasteiger partial charge in [0.05, 0.1) is 6.04 Å². The molecule has 0 bridgehead atoms. The number of Topliss-reactive ketones (excluding diaryl/α,β-unsaturated/α-hetero) is 1. The molecule has 1 atom stereocenters. The van der Waals surface area contributed by atoms with Gasteiger partial charge >= 0.3 is 0 Å². The lowest BCUT2D eigenvalue weighted by molar-refractivity contribution is -0.118. The van der Waals surface area contributed by atoms with Gasteiger partial charge in [0.25, 0.3) is 0 Å². The fourth-order valence-corrected chi connectivity index (χ4v) is 1.86. The summed E-state index contributed by atoms with van der Waals surface area (Å²) >= 11 is 0. The summed E-state index contributed by atoms with van der Waals surface area (Å²) in [5, 5.41) is 0. The largest absolute Gasteiger partial charge is 0.321 e. The Morgan fingerprint density at radius 2 is 1.45 bits per heavy atom. The highest BCUT2D eigenvalue weighted by Crippen LogP contribution is 2.19. The molecule has 0 radical (unpaired) electrons. The molecule has 2 N–H and O–H groups in total. The first-order chi connectivity index (χ1) is 9.66. The predicted molar refractivity (Wildman–Crippen MR) is 85.6 cm³/mol. The van der Waals surface area contributed by atoms with Gasteiger partial charge in [-0.15, -0.1) is 0 Å². The Morgan fingerprint density at radius 3 is 1.95 bits per heavy atom. The first-order valence-corrected chi connectivity index (χ1v) is 7.07. The summed E-state index contributed by atoms with van der Waals surface area (Å²) in [5.74, 6) is 0.0298. The van der Waals surface area contributed by atoms with Crippen molar-refractivity contribution in [3.63, 3.8) is 0 Å². The molecule has 2 nitrogen and oxygen atoms in total. The van der Waals surface area contributed by atoms with Crippen LogP contribution in [0, 0.1) is 0 Å². The average molecular weight is 269 g/mol. The lowest BCUT2D eigenvalue weighted by Gasteiger charge is -2.08. The van der Waals surface area contributed by atoms with Gasteiger partial charge in [0.15, 0.2) is 0 Å². The van der Waals surface area contributed by atoms with Gasteiger partial charge in [-0.1, -0.05) is 68.4 Å². The zero-order valence-corrected chi connectivity index (χ0v) is 12.5. The van der Waals surface area contributed by atoms with Crippen molar-refractivity contribution in [2.75, 3.05) is 0 Å². The van der Waals surface area contributed by atoms with E-state index >= 15 is 0 Å². The highest BCUT2D eigenvalue weighted by molar-refractivity contribution is 5.81. The molecular formula is C18H23NO. The molecule has 2 aromatic rings. The molecule has 106 valence electrons. The lowest BCUT2D eigenvalue weighted by Crippen LogP contribution is -2.30. The molecule has 0 aliphatic carbocycles. The van der Waals surface area contributed by atoms with Crippen LogP contribution < -0.4 is 5.73 Å². The zero-order valence-electron chi connectivity index (χ0n) is 12.5. The van der Waals surface area contributed by atoms with Crippen LogP contribution in [-0.4, -0.2) is 11.8 Å². The topological polar surface area (TPSA) is 43.1 Å². The molecule has 0 heterocycles. The molecule has 0 saturated carbocycles. The van der Waals surface area contributed by atoms with Crippen molar-refractivity contribution >= 4 is 5.78 Å². The van der Waals surface area contributed by atoms with Crippen LogP contribution in [0.25, 0.3) is 11.1 Å². The molecule has 0 aromatic heterocycles. The number of hydrogen-bond donors (Lipinski definition) is 1. The Bertz CT molecular complexity index is 517. The Kier molecular flexibility index (Phi) is 6.68. The van der Waals surface area contributed by atoms with E-state index in [0.29, 0.717) is 6.42 Å². The zero-order chi connectivity index (χ0) is 15.0. The third-order valence-corrected chi connectivity index (χ3v) is 3.04. The third kappa shape index (κ3) is 4.63. The summed E-state index contributed by atoms with van der Waals surface area (Å²) < 4.78 is 0. The van der Waals surface area contributed by atoms with Gasteiger partial charge in [-0.2, -0.15) is 0 Å². The quantitative estimate of drug-likeness (QED) is 0.916. The lowest BCUT2D eigenvalue weighted by atomic mass is 10.00. The van der Waals surface area contributed by atoms with Crippen LogP contribution in [-0.2, 0) is 11.2 Å². The van der Waals surface area contributed by atoms with Gasteiger partial charge in [0, 0.05) is 0 Å². The van der Waals surface area contributed by atoms with E-state index < -0.39 is 6.04 Å². The second-order valence-corrected chi connectivity index (χ2v) is 4.48. The SMILES string of the molecule is CC.CC(=O)C(N)Cc1ccc(-c2ccccc2)cc1. The number of rotatable bonds is 4. The number of carbonyl (C=O) groups is 1. The van der Waals surface area contributed by atoms with E-state index in [1.54, 1.807) is 0 Å². The van der Waals surface area contributed by atoms with Crippen molar-refractivity contribution in [1.82, 2.24) is 0 Å².